The molecular weight excluding hydrogens is 198 g/mol. The molecule has 1 saturated carbocycles. The molecule has 1 amide bonds. The van der Waals surface area contributed by atoms with Crippen LogP contribution >= 0.6 is 0 Å². The molecule has 0 aromatic rings. The highest BCUT2D eigenvalue weighted by atomic mass is 16.5. The van der Waals surface area contributed by atoms with Crippen molar-refractivity contribution in [2.75, 3.05) is 13.2 Å². The molecule has 1 heterocycles. The maximum Gasteiger partial charge on any atom is 0.324 e. The van der Waals surface area contributed by atoms with Crippen LogP contribution in [0.25, 0.3) is 0 Å². The number of aliphatic carboxylic acids is 1. The number of carbonyl (C=O) groups excluding carboxylic acids is 1. The van der Waals surface area contributed by atoms with Gasteiger partial charge < -0.3 is 15.2 Å². The van der Waals surface area contributed by atoms with Crippen molar-refractivity contribution in [2.45, 2.75) is 31.7 Å². The molecule has 2 N–H and O–H groups in total. The zero-order valence-corrected chi connectivity index (χ0v) is 8.49. The molecular formula is C10H15NO4. The van der Waals surface area contributed by atoms with Gasteiger partial charge in [-0.05, 0) is 12.8 Å². The first-order chi connectivity index (χ1) is 7.15. The van der Waals surface area contributed by atoms with E-state index in [0.29, 0.717) is 0 Å². The summed E-state index contributed by atoms with van der Waals surface area (Å²) in [6, 6.07) is 0.161. The van der Waals surface area contributed by atoms with E-state index in [4.69, 9.17) is 9.84 Å². The molecule has 0 unspecified atom stereocenters. The third-order valence-corrected chi connectivity index (χ3v) is 3.23. The van der Waals surface area contributed by atoms with Crippen molar-refractivity contribution in [3.63, 3.8) is 0 Å². The quantitative estimate of drug-likeness (QED) is 0.654. The number of hydrogen-bond donors (Lipinski definition) is 2. The average Bonchev–Trinajstić information content (AvgIpc) is 2.53. The summed E-state index contributed by atoms with van der Waals surface area (Å²) in [5.74, 6) is -1.46. The minimum absolute atomic E-state index is 0.000880. The second-order valence-corrected chi connectivity index (χ2v) is 4.33. The van der Waals surface area contributed by atoms with Gasteiger partial charge in [-0.2, -0.15) is 0 Å². The number of amides is 1. The maximum atomic E-state index is 11.8. The van der Waals surface area contributed by atoms with Crippen molar-refractivity contribution in [2.24, 2.45) is 5.41 Å². The van der Waals surface area contributed by atoms with E-state index in [2.05, 4.69) is 5.32 Å². The summed E-state index contributed by atoms with van der Waals surface area (Å²) in [6.07, 6.45) is 4.15. The summed E-state index contributed by atoms with van der Waals surface area (Å²) >= 11 is 0. The number of carboxylic acid groups (broad SMARTS) is 1. The maximum absolute atomic E-state index is 11.8. The molecule has 2 rings (SSSR count). The first-order valence-corrected chi connectivity index (χ1v) is 5.27. The third kappa shape index (κ3) is 1.71. The highest BCUT2D eigenvalue weighted by Gasteiger charge is 2.53. The predicted molar refractivity (Wildman–Crippen MR) is 51.3 cm³/mol. The van der Waals surface area contributed by atoms with Gasteiger partial charge in [-0.3, -0.25) is 9.59 Å². The zero-order valence-electron chi connectivity index (χ0n) is 8.49. The summed E-state index contributed by atoms with van der Waals surface area (Å²) in [6.45, 7) is 0.00176. The normalized spacial score (nSPS) is 24.5. The lowest BCUT2D eigenvalue weighted by Gasteiger charge is -2.36. The summed E-state index contributed by atoms with van der Waals surface area (Å²) in [4.78, 5) is 22.8. The fraction of sp³-hybridized carbons (Fsp3) is 0.800. The molecule has 1 aliphatic heterocycles. The topological polar surface area (TPSA) is 75.6 Å². The van der Waals surface area contributed by atoms with Gasteiger partial charge in [0.05, 0.1) is 13.2 Å². The molecule has 0 atom stereocenters. The summed E-state index contributed by atoms with van der Waals surface area (Å²) in [5.41, 5.74) is -1.32. The first kappa shape index (κ1) is 10.4. The van der Waals surface area contributed by atoms with Crippen LogP contribution in [-0.2, 0) is 14.3 Å². The Balaban J connectivity index is 1.96. The molecule has 0 aromatic carbocycles. The largest absolute Gasteiger partial charge is 0.480 e. The Morgan fingerprint density at radius 3 is 2.27 bits per heavy atom. The van der Waals surface area contributed by atoms with Crippen molar-refractivity contribution >= 4 is 11.9 Å². The van der Waals surface area contributed by atoms with Gasteiger partial charge in [-0.1, -0.05) is 12.8 Å². The van der Waals surface area contributed by atoms with Crippen LogP contribution in [0.5, 0.6) is 0 Å². The van der Waals surface area contributed by atoms with Crippen molar-refractivity contribution < 1.29 is 19.4 Å². The van der Waals surface area contributed by atoms with Crippen molar-refractivity contribution in [3.8, 4) is 0 Å². The SMILES string of the molecule is O=C(O)C1(C(=O)NC2CCCC2)COC1. The van der Waals surface area contributed by atoms with Crippen molar-refractivity contribution in [1.82, 2.24) is 5.32 Å². The monoisotopic (exact) mass is 213 g/mol. The lowest BCUT2D eigenvalue weighted by atomic mass is 9.84. The molecule has 0 aromatic heterocycles. The van der Waals surface area contributed by atoms with Gasteiger partial charge in [-0.25, -0.2) is 0 Å². The summed E-state index contributed by atoms with van der Waals surface area (Å²) in [7, 11) is 0. The number of carbonyl (C=O) groups is 2. The molecule has 15 heavy (non-hydrogen) atoms. The van der Waals surface area contributed by atoms with Crippen LogP contribution in [0, 0.1) is 5.41 Å². The Morgan fingerprint density at radius 1 is 1.27 bits per heavy atom. The van der Waals surface area contributed by atoms with E-state index < -0.39 is 11.4 Å². The highest BCUT2D eigenvalue weighted by molar-refractivity contribution is 6.03. The minimum atomic E-state index is -1.32. The van der Waals surface area contributed by atoms with E-state index >= 15 is 0 Å². The second kappa shape index (κ2) is 3.81. The van der Waals surface area contributed by atoms with Gasteiger partial charge in [0.2, 0.25) is 5.91 Å². The Kier molecular flexibility index (Phi) is 2.65. The lowest BCUT2D eigenvalue weighted by Crippen LogP contribution is -2.60. The third-order valence-electron chi connectivity index (χ3n) is 3.23. The van der Waals surface area contributed by atoms with Crippen LogP contribution in [-0.4, -0.2) is 36.2 Å². The van der Waals surface area contributed by atoms with E-state index in [0.717, 1.165) is 25.7 Å². The minimum Gasteiger partial charge on any atom is -0.480 e. The smallest absolute Gasteiger partial charge is 0.324 e. The van der Waals surface area contributed by atoms with Gasteiger partial charge in [0.25, 0.3) is 0 Å². The summed E-state index contributed by atoms with van der Waals surface area (Å²) in [5, 5.41) is 11.8. The van der Waals surface area contributed by atoms with Crippen LogP contribution in [0.3, 0.4) is 0 Å². The Labute approximate surface area is 87.8 Å². The van der Waals surface area contributed by atoms with E-state index in [1.807, 2.05) is 0 Å². The molecule has 0 radical (unpaired) electrons. The number of carboxylic acids is 1. The molecule has 5 heteroatoms. The van der Waals surface area contributed by atoms with E-state index in [1.54, 1.807) is 0 Å². The summed E-state index contributed by atoms with van der Waals surface area (Å²) < 4.78 is 4.84. The van der Waals surface area contributed by atoms with Crippen LogP contribution < -0.4 is 5.32 Å². The highest BCUT2D eigenvalue weighted by Crippen LogP contribution is 2.29. The fourth-order valence-electron chi connectivity index (χ4n) is 2.05. The average molecular weight is 213 g/mol. The van der Waals surface area contributed by atoms with Gasteiger partial charge in [-0.15, -0.1) is 0 Å². The zero-order chi connectivity index (χ0) is 10.9. The van der Waals surface area contributed by atoms with Crippen LogP contribution in [0.4, 0.5) is 0 Å². The molecule has 0 spiro atoms. The Hall–Kier alpha value is -1.10. The number of ether oxygens (including phenoxy) is 1. The van der Waals surface area contributed by atoms with Gasteiger partial charge >= 0.3 is 5.97 Å². The number of nitrogens with one attached hydrogen (secondary N) is 1. The molecule has 5 nitrogen and oxygen atoms in total. The molecule has 1 saturated heterocycles. The van der Waals surface area contributed by atoms with Gasteiger partial charge in [0.15, 0.2) is 5.41 Å². The van der Waals surface area contributed by atoms with Crippen LogP contribution in [0.2, 0.25) is 0 Å². The Bertz CT molecular complexity index is 279. The van der Waals surface area contributed by atoms with E-state index in [1.165, 1.54) is 0 Å². The molecule has 2 fully saturated rings. The van der Waals surface area contributed by atoms with E-state index in [9.17, 15) is 9.59 Å². The van der Waals surface area contributed by atoms with Crippen molar-refractivity contribution in [1.29, 1.82) is 0 Å². The van der Waals surface area contributed by atoms with Gasteiger partial charge in [0, 0.05) is 6.04 Å². The first-order valence-electron chi connectivity index (χ1n) is 5.27. The molecule has 0 bridgehead atoms. The van der Waals surface area contributed by atoms with Crippen molar-refractivity contribution in [3.05, 3.63) is 0 Å². The predicted octanol–water partition coefficient (Wildman–Crippen LogP) is 0.146. The number of hydrogen-bond acceptors (Lipinski definition) is 3. The fourth-order valence-corrected chi connectivity index (χ4v) is 2.05. The second-order valence-electron chi connectivity index (χ2n) is 4.33. The standard InChI is InChI=1S/C10H15NO4/c12-8(11-7-3-1-2-4-7)10(9(13)14)5-15-6-10/h7H,1-6H2,(H,11,12)(H,13,14). The van der Waals surface area contributed by atoms with Crippen LogP contribution in [0.15, 0.2) is 0 Å². The molecule has 1 aliphatic carbocycles. The lowest BCUT2D eigenvalue weighted by molar-refractivity contribution is -0.185. The van der Waals surface area contributed by atoms with E-state index in [-0.39, 0.29) is 25.2 Å². The number of rotatable bonds is 3. The molecule has 2 aliphatic rings. The molecule has 84 valence electrons. The van der Waals surface area contributed by atoms with Gasteiger partial charge in [0.1, 0.15) is 0 Å². The van der Waals surface area contributed by atoms with Crippen LogP contribution in [0.1, 0.15) is 25.7 Å². The Morgan fingerprint density at radius 2 is 1.87 bits per heavy atom.